The lowest BCUT2D eigenvalue weighted by molar-refractivity contribution is -0.137. The van der Waals surface area contributed by atoms with Crippen molar-refractivity contribution < 1.29 is 14.3 Å². The molecular weight excluding hydrogens is 466 g/mol. The van der Waals surface area contributed by atoms with E-state index in [2.05, 4.69) is 20.9 Å². The number of anilines is 3. The standard InChI is InChI=1S/C29H35N5O3/c1-5-34-25-10-9-24(20-26(25)32(4)27(35)29(2,3)28(34)36)37-19-7-17-33(23-11-15-30-16-12-23)18-13-22-8-6-14-31-21-22/h6,8-12,14-16,20-21H,5,7,13,17-19H2,1-4H3. The number of fused-ring (bicyclic) bond motifs is 1. The van der Waals surface area contributed by atoms with Gasteiger partial charge in [-0.1, -0.05) is 6.07 Å². The lowest BCUT2D eigenvalue weighted by atomic mass is 9.90. The minimum atomic E-state index is -1.13. The monoisotopic (exact) mass is 501 g/mol. The Morgan fingerprint density at radius 1 is 0.946 bits per heavy atom. The number of amides is 2. The van der Waals surface area contributed by atoms with Gasteiger partial charge in [-0.2, -0.15) is 0 Å². The first kappa shape index (κ1) is 26.1. The van der Waals surface area contributed by atoms with Gasteiger partial charge in [0.05, 0.1) is 18.0 Å². The Morgan fingerprint density at radius 3 is 2.43 bits per heavy atom. The minimum absolute atomic E-state index is 0.193. The maximum Gasteiger partial charge on any atom is 0.242 e. The van der Waals surface area contributed by atoms with E-state index in [1.807, 2.05) is 61.9 Å². The summed E-state index contributed by atoms with van der Waals surface area (Å²) in [7, 11) is 1.72. The number of pyridine rings is 2. The molecule has 3 aromatic rings. The fourth-order valence-electron chi connectivity index (χ4n) is 4.65. The molecule has 1 aromatic carbocycles. The molecule has 0 bridgehead atoms. The number of hydrogen-bond acceptors (Lipinski definition) is 6. The number of hydrogen-bond donors (Lipinski definition) is 0. The zero-order valence-electron chi connectivity index (χ0n) is 22.1. The Bertz CT molecular complexity index is 1220. The second-order valence-corrected chi connectivity index (χ2v) is 9.69. The van der Waals surface area contributed by atoms with E-state index >= 15 is 0 Å². The van der Waals surface area contributed by atoms with E-state index in [1.165, 1.54) is 5.56 Å². The Hall–Kier alpha value is -3.94. The SMILES string of the molecule is CCN1C(=O)C(C)(C)C(=O)N(C)c2cc(OCCCN(CCc3cccnc3)c3ccncc3)ccc21. The van der Waals surface area contributed by atoms with Gasteiger partial charge in [0.2, 0.25) is 11.8 Å². The van der Waals surface area contributed by atoms with E-state index in [1.54, 1.807) is 36.9 Å². The van der Waals surface area contributed by atoms with Crippen LogP contribution < -0.4 is 19.4 Å². The molecule has 37 heavy (non-hydrogen) atoms. The van der Waals surface area contributed by atoms with Gasteiger partial charge in [-0.05, 0) is 69.5 Å². The molecule has 8 heteroatoms. The van der Waals surface area contributed by atoms with Crippen LogP contribution in [0, 0.1) is 5.41 Å². The molecule has 194 valence electrons. The molecule has 8 nitrogen and oxygen atoms in total. The van der Waals surface area contributed by atoms with E-state index in [4.69, 9.17) is 4.74 Å². The zero-order valence-corrected chi connectivity index (χ0v) is 22.1. The molecule has 0 fully saturated rings. The van der Waals surface area contributed by atoms with Crippen LogP contribution in [0.25, 0.3) is 0 Å². The van der Waals surface area contributed by atoms with Crippen molar-refractivity contribution in [1.82, 2.24) is 9.97 Å². The fourth-order valence-corrected chi connectivity index (χ4v) is 4.65. The molecule has 0 saturated carbocycles. The molecule has 3 heterocycles. The van der Waals surface area contributed by atoms with Crippen molar-refractivity contribution in [2.45, 2.75) is 33.6 Å². The molecule has 0 atom stereocenters. The lowest BCUT2D eigenvalue weighted by Crippen LogP contribution is -2.47. The van der Waals surface area contributed by atoms with Crippen LogP contribution in [0.5, 0.6) is 5.75 Å². The van der Waals surface area contributed by atoms with Gasteiger partial charge < -0.3 is 19.4 Å². The summed E-state index contributed by atoms with van der Waals surface area (Å²) in [4.78, 5) is 40.1. The summed E-state index contributed by atoms with van der Waals surface area (Å²) >= 11 is 0. The van der Waals surface area contributed by atoms with Crippen LogP contribution in [0.4, 0.5) is 17.1 Å². The average molecular weight is 502 g/mol. The molecule has 0 N–H and O–H groups in total. The summed E-state index contributed by atoms with van der Waals surface area (Å²) in [6.07, 6.45) is 9.02. The smallest absolute Gasteiger partial charge is 0.242 e. The zero-order chi connectivity index (χ0) is 26.4. The van der Waals surface area contributed by atoms with E-state index in [9.17, 15) is 9.59 Å². The first-order valence-corrected chi connectivity index (χ1v) is 12.7. The normalized spacial score (nSPS) is 14.8. The third kappa shape index (κ3) is 5.74. The molecule has 2 aromatic heterocycles. The maximum absolute atomic E-state index is 13.1. The van der Waals surface area contributed by atoms with Crippen LogP contribution in [0.3, 0.4) is 0 Å². The third-order valence-electron chi connectivity index (χ3n) is 6.80. The Morgan fingerprint density at radius 2 is 1.73 bits per heavy atom. The van der Waals surface area contributed by atoms with E-state index in [0.29, 0.717) is 24.6 Å². The second kappa shape index (κ2) is 11.4. The Labute approximate surface area is 218 Å². The number of carbonyl (C=O) groups excluding carboxylic acids is 2. The van der Waals surface area contributed by atoms with Crippen LogP contribution in [0.1, 0.15) is 32.8 Å². The summed E-state index contributed by atoms with van der Waals surface area (Å²) in [5.74, 6) is 0.252. The number of carbonyl (C=O) groups is 2. The van der Waals surface area contributed by atoms with Gasteiger partial charge in [-0.3, -0.25) is 19.6 Å². The average Bonchev–Trinajstić information content (AvgIpc) is 2.97. The van der Waals surface area contributed by atoms with Crippen molar-refractivity contribution >= 4 is 28.9 Å². The van der Waals surface area contributed by atoms with Crippen LogP contribution >= 0.6 is 0 Å². The van der Waals surface area contributed by atoms with Gasteiger partial charge in [0.15, 0.2) is 0 Å². The molecule has 0 aliphatic carbocycles. The molecule has 2 amide bonds. The molecule has 1 aliphatic rings. The summed E-state index contributed by atoms with van der Waals surface area (Å²) in [5.41, 5.74) is 2.59. The number of ether oxygens (including phenoxy) is 1. The predicted molar refractivity (Wildman–Crippen MR) is 146 cm³/mol. The van der Waals surface area contributed by atoms with Crippen molar-refractivity contribution in [2.75, 3.05) is 48.0 Å². The highest BCUT2D eigenvalue weighted by Gasteiger charge is 2.45. The van der Waals surface area contributed by atoms with Gasteiger partial charge in [0, 0.05) is 63.2 Å². The highest BCUT2D eigenvalue weighted by Crippen LogP contribution is 2.40. The topological polar surface area (TPSA) is 78.9 Å². The summed E-state index contributed by atoms with van der Waals surface area (Å²) in [5, 5.41) is 0. The summed E-state index contributed by atoms with van der Waals surface area (Å²) in [6, 6.07) is 13.7. The first-order chi connectivity index (χ1) is 17.8. The summed E-state index contributed by atoms with van der Waals surface area (Å²) in [6.45, 7) is 7.97. The maximum atomic E-state index is 13.1. The first-order valence-electron chi connectivity index (χ1n) is 12.7. The van der Waals surface area contributed by atoms with E-state index in [-0.39, 0.29) is 11.8 Å². The number of benzene rings is 1. The van der Waals surface area contributed by atoms with Gasteiger partial charge in [-0.25, -0.2) is 0 Å². The Balaban J connectivity index is 1.42. The fraction of sp³-hybridized carbons (Fsp3) is 0.379. The second-order valence-electron chi connectivity index (χ2n) is 9.69. The van der Waals surface area contributed by atoms with Gasteiger partial charge >= 0.3 is 0 Å². The molecule has 1 aliphatic heterocycles. The molecule has 0 saturated heterocycles. The number of rotatable bonds is 10. The van der Waals surface area contributed by atoms with Crippen molar-refractivity contribution in [3.05, 3.63) is 72.8 Å². The van der Waals surface area contributed by atoms with Gasteiger partial charge in [0.1, 0.15) is 11.2 Å². The van der Waals surface area contributed by atoms with Gasteiger partial charge in [-0.15, -0.1) is 0 Å². The lowest BCUT2D eigenvalue weighted by Gasteiger charge is -2.27. The quantitative estimate of drug-likeness (QED) is 0.304. The van der Waals surface area contributed by atoms with Gasteiger partial charge in [0.25, 0.3) is 0 Å². The largest absolute Gasteiger partial charge is 0.493 e. The highest BCUT2D eigenvalue weighted by atomic mass is 16.5. The molecule has 0 spiro atoms. The van der Waals surface area contributed by atoms with Crippen LogP contribution in [-0.2, 0) is 16.0 Å². The van der Waals surface area contributed by atoms with Crippen LogP contribution in [0.15, 0.2) is 67.3 Å². The Kier molecular flexibility index (Phi) is 8.06. The summed E-state index contributed by atoms with van der Waals surface area (Å²) < 4.78 is 6.10. The predicted octanol–water partition coefficient (Wildman–Crippen LogP) is 4.35. The van der Waals surface area contributed by atoms with E-state index in [0.717, 1.165) is 37.3 Å². The van der Waals surface area contributed by atoms with Crippen molar-refractivity contribution in [1.29, 1.82) is 0 Å². The van der Waals surface area contributed by atoms with E-state index < -0.39 is 5.41 Å². The third-order valence-corrected chi connectivity index (χ3v) is 6.80. The highest BCUT2D eigenvalue weighted by molar-refractivity contribution is 6.20. The minimum Gasteiger partial charge on any atom is -0.493 e. The number of aromatic nitrogens is 2. The van der Waals surface area contributed by atoms with Crippen LogP contribution in [-0.4, -0.2) is 55.1 Å². The van der Waals surface area contributed by atoms with Crippen LogP contribution in [0.2, 0.25) is 0 Å². The molecule has 0 unspecified atom stereocenters. The van der Waals surface area contributed by atoms with Crippen molar-refractivity contribution in [3.8, 4) is 5.75 Å². The molecule has 0 radical (unpaired) electrons. The molecule has 4 rings (SSSR count). The molecular formula is C29H35N5O3. The van der Waals surface area contributed by atoms with Crippen molar-refractivity contribution in [2.24, 2.45) is 5.41 Å². The number of nitrogens with zero attached hydrogens (tertiary/aromatic N) is 5. The van der Waals surface area contributed by atoms with Crippen molar-refractivity contribution in [3.63, 3.8) is 0 Å².